The van der Waals surface area contributed by atoms with Crippen molar-refractivity contribution in [1.29, 1.82) is 0 Å². The molecule has 1 saturated heterocycles. The molecule has 0 bridgehead atoms. The molecule has 0 atom stereocenters. The van der Waals surface area contributed by atoms with E-state index in [1.54, 1.807) is 47.4 Å². The van der Waals surface area contributed by atoms with E-state index in [0.29, 0.717) is 37.7 Å². The SMILES string of the molecule is COc1ccc(N(CC(=O)N2CCN(c3cccc(C)c3C)CC2)S(=O)(=O)c2ccc(C)cc2)c(OC)c1. The average molecular weight is 538 g/mol. The van der Waals surface area contributed by atoms with Crippen LogP contribution in [-0.4, -0.2) is 66.2 Å². The lowest BCUT2D eigenvalue weighted by Crippen LogP contribution is -2.52. The molecule has 3 aromatic carbocycles. The third-order valence-electron chi connectivity index (χ3n) is 7.09. The number of benzene rings is 3. The Bertz CT molecular complexity index is 1400. The van der Waals surface area contributed by atoms with Gasteiger partial charge in [0.1, 0.15) is 18.0 Å². The molecule has 0 saturated carbocycles. The quantitative estimate of drug-likeness (QED) is 0.429. The van der Waals surface area contributed by atoms with Gasteiger partial charge in [-0.1, -0.05) is 29.8 Å². The molecule has 0 radical (unpaired) electrons. The molecule has 0 aromatic heterocycles. The molecule has 1 aliphatic heterocycles. The monoisotopic (exact) mass is 537 g/mol. The number of carbonyl (C=O) groups excluding carboxylic acids is 1. The van der Waals surface area contributed by atoms with Crippen LogP contribution in [0.1, 0.15) is 16.7 Å². The van der Waals surface area contributed by atoms with Crippen molar-refractivity contribution in [2.45, 2.75) is 25.7 Å². The first kappa shape index (κ1) is 27.3. The van der Waals surface area contributed by atoms with Crippen molar-refractivity contribution in [3.8, 4) is 11.5 Å². The highest BCUT2D eigenvalue weighted by atomic mass is 32.2. The van der Waals surface area contributed by atoms with Gasteiger partial charge in [-0.2, -0.15) is 0 Å². The van der Waals surface area contributed by atoms with E-state index < -0.39 is 10.0 Å². The van der Waals surface area contributed by atoms with Gasteiger partial charge in [0.2, 0.25) is 5.91 Å². The molecule has 1 amide bonds. The number of anilines is 2. The summed E-state index contributed by atoms with van der Waals surface area (Å²) in [7, 11) is -1.08. The largest absolute Gasteiger partial charge is 0.497 e. The summed E-state index contributed by atoms with van der Waals surface area (Å²) >= 11 is 0. The van der Waals surface area contributed by atoms with E-state index in [1.165, 1.54) is 31.0 Å². The van der Waals surface area contributed by atoms with Crippen LogP contribution in [0.15, 0.2) is 65.6 Å². The smallest absolute Gasteiger partial charge is 0.264 e. The third-order valence-corrected chi connectivity index (χ3v) is 8.87. The summed E-state index contributed by atoms with van der Waals surface area (Å²) in [5.41, 5.74) is 4.84. The number of ether oxygens (including phenoxy) is 2. The van der Waals surface area contributed by atoms with Crippen LogP contribution >= 0.6 is 0 Å². The Kier molecular flexibility index (Phi) is 8.16. The van der Waals surface area contributed by atoms with E-state index in [4.69, 9.17) is 9.47 Å². The Balaban J connectivity index is 1.60. The molecule has 3 aromatic rings. The summed E-state index contributed by atoms with van der Waals surface area (Å²) < 4.78 is 39.6. The van der Waals surface area contributed by atoms with Gasteiger partial charge in [-0.3, -0.25) is 9.10 Å². The molecule has 38 heavy (non-hydrogen) atoms. The number of sulfonamides is 1. The van der Waals surface area contributed by atoms with Crippen molar-refractivity contribution < 1.29 is 22.7 Å². The van der Waals surface area contributed by atoms with Gasteiger partial charge in [0, 0.05) is 37.9 Å². The Morgan fingerprint density at radius 1 is 0.895 bits per heavy atom. The van der Waals surface area contributed by atoms with Crippen LogP contribution < -0.4 is 18.7 Å². The molecule has 0 aliphatic carbocycles. The van der Waals surface area contributed by atoms with Crippen LogP contribution in [0.4, 0.5) is 11.4 Å². The van der Waals surface area contributed by atoms with E-state index in [2.05, 4.69) is 30.9 Å². The number of hydrogen-bond acceptors (Lipinski definition) is 6. The van der Waals surface area contributed by atoms with Crippen LogP contribution in [-0.2, 0) is 14.8 Å². The average Bonchev–Trinajstić information content (AvgIpc) is 2.93. The first-order chi connectivity index (χ1) is 18.1. The lowest BCUT2D eigenvalue weighted by Gasteiger charge is -2.38. The zero-order valence-corrected chi connectivity index (χ0v) is 23.4. The molecule has 8 nitrogen and oxygen atoms in total. The van der Waals surface area contributed by atoms with E-state index in [-0.39, 0.29) is 23.0 Å². The van der Waals surface area contributed by atoms with Crippen LogP contribution in [0.25, 0.3) is 0 Å². The van der Waals surface area contributed by atoms with Gasteiger partial charge in [0.15, 0.2) is 0 Å². The fourth-order valence-corrected chi connectivity index (χ4v) is 6.05. The number of carbonyl (C=O) groups is 1. The molecule has 0 unspecified atom stereocenters. The molecule has 0 spiro atoms. The maximum Gasteiger partial charge on any atom is 0.264 e. The number of amides is 1. The first-order valence-corrected chi connectivity index (χ1v) is 14.0. The minimum Gasteiger partial charge on any atom is -0.497 e. The second-order valence-electron chi connectivity index (χ2n) is 9.45. The van der Waals surface area contributed by atoms with Crippen molar-refractivity contribution in [1.82, 2.24) is 4.90 Å². The van der Waals surface area contributed by atoms with Crippen molar-refractivity contribution in [2.24, 2.45) is 0 Å². The summed E-state index contributed by atoms with van der Waals surface area (Å²) in [4.78, 5) is 17.7. The lowest BCUT2D eigenvalue weighted by atomic mass is 10.1. The summed E-state index contributed by atoms with van der Waals surface area (Å²) in [6.45, 7) is 8.10. The fraction of sp³-hybridized carbons (Fsp3) is 0.345. The highest BCUT2D eigenvalue weighted by Gasteiger charge is 2.32. The van der Waals surface area contributed by atoms with Gasteiger partial charge in [0.05, 0.1) is 24.8 Å². The maximum absolute atomic E-state index is 13.9. The Morgan fingerprint density at radius 2 is 1.58 bits per heavy atom. The van der Waals surface area contributed by atoms with Gasteiger partial charge >= 0.3 is 0 Å². The van der Waals surface area contributed by atoms with E-state index >= 15 is 0 Å². The summed E-state index contributed by atoms with van der Waals surface area (Å²) in [5.74, 6) is 0.555. The fourth-order valence-electron chi connectivity index (χ4n) is 4.63. The second kappa shape index (κ2) is 11.3. The van der Waals surface area contributed by atoms with Gasteiger partial charge < -0.3 is 19.3 Å². The molecule has 1 heterocycles. The number of methoxy groups -OCH3 is 2. The molecular formula is C29H35N3O5S. The number of hydrogen-bond donors (Lipinski definition) is 0. The Labute approximate surface area is 225 Å². The van der Waals surface area contributed by atoms with Gasteiger partial charge in [-0.25, -0.2) is 8.42 Å². The van der Waals surface area contributed by atoms with E-state index in [1.807, 2.05) is 13.0 Å². The highest BCUT2D eigenvalue weighted by molar-refractivity contribution is 7.92. The van der Waals surface area contributed by atoms with E-state index in [0.717, 1.165) is 9.87 Å². The Morgan fingerprint density at radius 3 is 2.21 bits per heavy atom. The van der Waals surface area contributed by atoms with Crippen LogP contribution in [0.2, 0.25) is 0 Å². The summed E-state index contributed by atoms with van der Waals surface area (Å²) in [6, 6.07) is 17.7. The number of rotatable bonds is 8. The molecule has 0 N–H and O–H groups in total. The molecular weight excluding hydrogens is 502 g/mol. The van der Waals surface area contributed by atoms with Gasteiger partial charge in [0.25, 0.3) is 10.0 Å². The van der Waals surface area contributed by atoms with Gasteiger partial charge in [-0.15, -0.1) is 0 Å². The molecule has 202 valence electrons. The summed E-state index contributed by atoms with van der Waals surface area (Å²) in [6.07, 6.45) is 0. The van der Waals surface area contributed by atoms with E-state index in [9.17, 15) is 13.2 Å². The first-order valence-electron chi connectivity index (χ1n) is 12.6. The minimum absolute atomic E-state index is 0.105. The predicted octanol–water partition coefficient (Wildman–Crippen LogP) is 4.17. The van der Waals surface area contributed by atoms with Crippen LogP contribution in [0.3, 0.4) is 0 Å². The topological polar surface area (TPSA) is 79.4 Å². The zero-order chi connectivity index (χ0) is 27.4. The number of aryl methyl sites for hydroxylation is 2. The van der Waals surface area contributed by atoms with Crippen molar-refractivity contribution in [3.63, 3.8) is 0 Å². The molecule has 4 rings (SSSR count). The highest BCUT2D eigenvalue weighted by Crippen LogP contribution is 2.35. The molecule has 1 fully saturated rings. The van der Waals surface area contributed by atoms with Crippen molar-refractivity contribution in [2.75, 3.05) is 56.1 Å². The van der Waals surface area contributed by atoms with Crippen molar-refractivity contribution >= 4 is 27.3 Å². The summed E-state index contributed by atoms with van der Waals surface area (Å²) in [5, 5.41) is 0. The molecule has 9 heteroatoms. The normalized spacial score (nSPS) is 13.8. The Hall–Kier alpha value is -3.72. The van der Waals surface area contributed by atoms with Crippen molar-refractivity contribution in [3.05, 3.63) is 77.4 Å². The third kappa shape index (κ3) is 5.57. The lowest BCUT2D eigenvalue weighted by molar-refractivity contribution is -0.129. The van der Waals surface area contributed by atoms with Gasteiger partial charge in [-0.05, 0) is 62.2 Å². The zero-order valence-electron chi connectivity index (χ0n) is 22.6. The minimum atomic E-state index is -4.07. The number of nitrogens with zero attached hydrogens (tertiary/aromatic N) is 3. The number of piperazine rings is 1. The second-order valence-corrected chi connectivity index (χ2v) is 11.3. The van der Waals surface area contributed by atoms with Crippen LogP contribution in [0.5, 0.6) is 11.5 Å². The molecule has 1 aliphatic rings. The van der Waals surface area contributed by atoms with Crippen LogP contribution in [0, 0.1) is 20.8 Å². The predicted molar refractivity (Wildman–Crippen MR) is 150 cm³/mol. The maximum atomic E-state index is 13.9. The standard InChI is InChI=1S/C29H35N3O5S/c1-21-9-12-25(13-10-21)38(34,35)32(27-14-11-24(36-4)19-28(27)37-5)20-29(33)31-17-15-30(16-18-31)26-8-6-7-22(2)23(26)3/h6-14,19H,15-18,20H2,1-5H3.